The highest BCUT2D eigenvalue weighted by atomic mass is 16.5. The van der Waals surface area contributed by atoms with Crippen molar-refractivity contribution in [3.63, 3.8) is 0 Å². The summed E-state index contributed by atoms with van der Waals surface area (Å²) < 4.78 is 10.2. The minimum Gasteiger partial charge on any atom is -0.496 e. The van der Waals surface area contributed by atoms with Crippen molar-refractivity contribution in [1.29, 1.82) is 0 Å². The fourth-order valence-corrected chi connectivity index (χ4v) is 1.83. The molecule has 0 heterocycles. The number of primary amides is 1. The number of hydrogen-bond donors (Lipinski definition) is 3. The number of carbonyl (C=O) groups excluding carboxylic acids is 2. The Balaban J connectivity index is 3.26. The molecule has 1 aromatic carbocycles. The van der Waals surface area contributed by atoms with Gasteiger partial charge in [-0.1, -0.05) is 0 Å². The van der Waals surface area contributed by atoms with Gasteiger partial charge in [-0.15, -0.1) is 0 Å². The second-order valence-electron chi connectivity index (χ2n) is 4.14. The van der Waals surface area contributed by atoms with Gasteiger partial charge in [-0.05, 0) is 12.1 Å². The number of ether oxygens (including phenoxy) is 2. The Hall–Kier alpha value is -2.12. The maximum atomic E-state index is 10.8. The number of aliphatic hydroxyl groups is 2. The molecule has 0 bridgehead atoms. The Morgan fingerprint density at radius 3 is 2.15 bits per heavy atom. The molecule has 0 aromatic heterocycles. The summed E-state index contributed by atoms with van der Waals surface area (Å²) in [5, 5.41) is 19.9. The molecule has 1 aromatic rings. The van der Waals surface area contributed by atoms with Crippen LogP contribution < -0.4 is 15.2 Å². The highest BCUT2D eigenvalue weighted by molar-refractivity contribution is 5.78. The highest BCUT2D eigenvalue weighted by Gasteiger charge is 2.27. The Labute approximate surface area is 115 Å². The van der Waals surface area contributed by atoms with Crippen molar-refractivity contribution in [1.82, 2.24) is 0 Å². The van der Waals surface area contributed by atoms with Gasteiger partial charge in [-0.3, -0.25) is 9.59 Å². The molecule has 0 aliphatic carbocycles. The lowest BCUT2D eigenvalue weighted by Crippen LogP contribution is -2.26. The maximum Gasteiger partial charge on any atom is 0.220 e. The molecule has 0 saturated heterocycles. The van der Waals surface area contributed by atoms with Crippen LogP contribution in [0.25, 0.3) is 0 Å². The average molecular weight is 283 g/mol. The molecule has 0 saturated carbocycles. The van der Waals surface area contributed by atoms with Gasteiger partial charge < -0.3 is 25.4 Å². The third-order valence-electron chi connectivity index (χ3n) is 2.77. The summed E-state index contributed by atoms with van der Waals surface area (Å²) in [6, 6.07) is 2.79. The molecule has 7 heteroatoms. The van der Waals surface area contributed by atoms with E-state index in [0.717, 1.165) is 0 Å². The van der Waals surface area contributed by atoms with Crippen molar-refractivity contribution in [2.45, 2.75) is 18.6 Å². The smallest absolute Gasteiger partial charge is 0.220 e. The lowest BCUT2D eigenvalue weighted by molar-refractivity contribution is -0.121. The maximum absolute atomic E-state index is 10.8. The molecular formula is C13H17NO6. The van der Waals surface area contributed by atoms with Crippen LogP contribution in [-0.2, 0) is 4.79 Å². The predicted molar refractivity (Wildman–Crippen MR) is 69.7 cm³/mol. The molecule has 0 aliphatic rings. The minimum atomic E-state index is -1.44. The average Bonchev–Trinajstić information content (AvgIpc) is 2.43. The van der Waals surface area contributed by atoms with Gasteiger partial charge in [0.15, 0.2) is 0 Å². The molecule has 1 amide bonds. The first kappa shape index (κ1) is 15.9. The number of hydrogen-bond acceptors (Lipinski definition) is 6. The predicted octanol–water partition coefficient (Wildman–Crippen LogP) is -0.214. The summed E-state index contributed by atoms with van der Waals surface area (Å²) in [7, 11) is 2.69. The quantitative estimate of drug-likeness (QED) is 0.595. The standard InChI is InChI=1S/C13H17NO6/c1-19-9-3-7(6-15)4-10(20-2)12(9)13(18)8(16)5-11(14)17/h3-4,6,8,13,16,18H,5H2,1-2H3,(H2,14,17). The number of aldehydes is 1. The van der Waals surface area contributed by atoms with Crippen molar-refractivity contribution >= 4 is 12.2 Å². The molecular weight excluding hydrogens is 266 g/mol. The molecule has 2 atom stereocenters. The number of rotatable bonds is 7. The zero-order valence-corrected chi connectivity index (χ0v) is 11.2. The summed E-state index contributed by atoms with van der Waals surface area (Å²) in [4.78, 5) is 21.6. The normalized spacial score (nSPS) is 13.4. The van der Waals surface area contributed by atoms with Crippen LogP contribution in [0.5, 0.6) is 11.5 Å². The molecule has 7 nitrogen and oxygen atoms in total. The number of methoxy groups -OCH3 is 2. The topological polar surface area (TPSA) is 119 Å². The molecule has 0 spiro atoms. The van der Waals surface area contributed by atoms with E-state index >= 15 is 0 Å². The van der Waals surface area contributed by atoms with Crippen molar-refractivity contribution in [3.05, 3.63) is 23.3 Å². The second kappa shape index (κ2) is 6.88. The Bertz CT molecular complexity index is 477. The monoisotopic (exact) mass is 283 g/mol. The fourth-order valence-electron chi connectivity index (χ4n) is 1.83. The first-order valence-corrected chi connectivity index (χ1v) is 5.80. The Morgan fingerprint density at radius 2 is 1.80 bits per heavy atom. The molecule has 110 valence electrons. The number of nitrogens with two attached hydrogens (primary N) is 1. The number of aliphatic hydroxyl groups excluding tert-OH is 2. The lowest BCUT2D eigenvalue weighted by atomic mass is 9.98. The van der Waals surface area contributed by atoms with Crippen LogP contribution in [0.1, 0.15) is 28.4 Å². The summed E-state index contributed by atoms with van der Waals surface area (Å²) in [5.74, 6) is -0.413. The molecule has 2 unspecified atom stereocenters. The molecule has 20 heavy (non-hydrogen) atoms. The van der Waals surface area contributed by atoms with Crippen LogP contribution in [0, 0.1) is 0 Å². The zero-order valence-electron chi connectivity index (χ0n) is 11.2. The fraction of sp³-hybridized carbons (Fsp3) is 0.385. The third-order valence-corrected chi connectivity index (χ3v) is 2.77. The van der Waals surface area contributed by atoms with E-state index in [1.54, 1.807) is 0 Å². The van der Waals surface area contributed by atoms with E-state index < -0.39 is 24.5 Å². The second-order valence-corrected chi connectivity index (χ2v) is 4.14. The van der Waals surface area contributed by atoms with E-state index in [4.69, 9.17) is 15.2 Å². The van der Waals surface area contributed by atoms with Crippen molar-refractivity contribution < 1.29 is 29.3 Å². The summed E-state index contributed by atoms with van der Waals surface area (Å²) in [5.41, 5.74) is 5.42. The van der Waals surface area contributed by atoms with E-state index in [2.05, 4.69) is 0 Å². The zero-order chi connectivity index (χ0) is 15.3. The van der Waals surface area contributed by atoms with Gasteiger partial charge in [0.05, 0.1) is 32.3 Å². The SMILES string of the molecule is COc1cc(C=O)cc(OC)c1C(O)C(O)CC(N)=O. The van der Waals surface area contributed by atoms with Crippen LogP contribution in [-0.4, -0.2) is 42.7 Å². The lowest BCUT2D eigenvalue weighted by Gasteiger charge is -2.22. The summed E-state index contributed by atoms with van der Waals surface area (Å²) >= 11 is 0. The third kappa shape index (κ3) is 3.46. The van der Waals surface area contributed by atoms with Crippen LogP contribution in [0.2, 0.25) is 0 Å². The van der Waals surface area contributed by atoms with E-state index in [-0.39, 0.29) is 17.1 Å². The van der Waals surface area contributed by atoms with E-state index in [0.29, 0.717) is 11.8 Å². The van der Waals surface area contributed by atoms with Crippen LogP contribution in [0.3, 0.4) is 0 Å². The number of carbonyl (C=O) groups is 2. The molecule has 0 aliphatic heterocycles. The van der Waals surface area contributed by atoms with Gasteiger partial charge in [0, 0.05) is 5.56 Å². The number of benzene rings is 1. The van der Waals surface area contributed by atoms with Crippen LogP contribution >= 0.6 is 0 Å². The Kier molecular flexibility index (Phi) is 5.48. The largest absolute Gasteiger partial charge is 0.496 e. The number of amides is 1. The van der Waals surface area contributed by atoms with Crippen molar-refractivity contribution in [2.24, 2.45) is 5.73 Å². The van der Waals surface area contributed by atoms with Gasteiger partial charge in [-0.25, -0.2) is 0 Å². The van der Waals surface area contributed by atoms with Crippen LogP contribution in [0.15, 0.2) is 12.1 Å². The first-order chi connectivity index (χ1) is 9.44. The van der Waals surface area contributed by atoms with Gasteiger partial charge in [0.1, 0.15) is 23.9 Å². The molecule has 0 fully saturated rings. The van der Waals surface area contributed by atoms with Crippen molar-refractivity contribution in [3.8, 4) is 11.5 Å². The van der Waals surface area contributed by atoms with Gasteiger partial charge in [0.25, 0.3) is 0 Å². The minimum absolute atomic E-state index is 0.148. The summed E-state index contributed by atoms with van der Waals surface area (Å²) in [6.45, 7) is 0. The highest BCUT2D eigenvalue weighted by Crippen LogP contribution is 2.37. The Morgan fingerprint density at radius 1 is 1.30 bits per heavy atom. The van der Waals surface area contributed by atoms with Gasteiger partial charge in [-0.2, -0.15) is 0 Å². The van der Waals surface area contributed by atoms with E-state index in [1.807, 2.05) is 0 Å². The summed E-state index contributed by atoms with van der Waals surface area (Å²) in [6.07, 6.45) is -2.66. The van der Waals surface area contributed by atoms with Gasteiger partial charge in [0.2, 0.25) is 5.91 Å². The van der Waals surface area contributed by atoms with E-state index in [1.165, 1.54) is 26.4 Å². The molecule has 4 N–H and O–H groups in total. The molecule has 0 radical (unpaired) electrons. The molecule has 1 rings (SSSR count). The van der Waals surface area contributed by atoms with E-state index in [9.17, 15) is 19.8 Å². The van der Waals surface area contributed by atoms with Crippen LogP contribution in [0.4, 0.5) is 0 Å². The van der Waals surface area contributed by atoms with Gasteiger partial charge >= 0.3 is 0 Å². The first-order valence-electron chi connectivity index (χ1n) is 5.80. The van der Waals surface area contributed by atoms with Crippen molar-refractivity contribution in [2.75, 3.05) is 14.2 Å².